The van der Waals surface area contributed by atoms with E-state index in [1.165, 1.54) is 11.6 Å². The van der Waals surface area contributed by atoms with Crippen molar-refractivity contribution in [3.63, 3.8) is 0 Å². The summed E-state index contributed by atoms with van der Waals surface area (Å²) in [7, 11) is 0. The molecule has 1 amide bonds. The molecule has 6 heteroatoms. The summed E-state index contributed by atoms with van der Waals surface area (Å²) in [6.45, 7) is 2.69. The molecule has 0 saturated carbocycles. The lowest BCUT2D eigenvalue weighted by Crippen LogP contribution is -2.54. The molecule has 3 rings (SSSR count). The molecule has 26 heavy (non-hydrogen) atoms. The van der Waals surface area contributed by atoms with Crippen LogP contribution in [0.3, 0.4) is 0 Å². The molecule has 2 N–H and O–H groups in total. The Labute approximate surface area is 158 Å². The number of phenolic OH excluding ortho intramolecular Hbond substituents is 1. The first-order valence-corrected chi connectivity index (χ1v) is 9.13. The van der Waals surface area contributed by atoms with E-state index in [1.807, 2.05) is 18.2 Å². The van der Waals surface area contributed by atoms with Crippen LogP contribution >= 0.6 is 11.6 Å². The zero-order valence-electron chi connectivity index (χ0n) is 14.5. The number of piperazine rings is 1. The maximum atomic E-state index is 12.8. The molecule has 0 radical (unpaired) electrons. The highest BCUT2D eigenvalue weighted by molar-refractivity contribution is 6.30. The van der Waals surface area contributed by atoms with Crippen molar-refractivity contribution in [3.05, 3.63) is 64.7 Å². The van der Waals surface area contributed by atoms with Crippen molar-refractivity contribution in [1.82, 2.24) is 9.80 Å². The lowest BCUT2D eigenvalue weighted by atomic mass is 10.1. The molecule has 1 aliphatic heterocycles. The van der Waals surface area contributed by atoms with Crippen LogP contribution in [0.1, 0.15) is 22.3 Å². The molecule has 1 heterocycles. The van der Waals surface area contributed by atoms with Crippen molar-refractivity contribution in [3.8, 4) is 5.75 Å². The van der Waals surface area contributed by atoms with E-state index >= 15 is 0 Å². The normalized spacial score (nSPS) is 18.1. The van der Waals surface area contributed by atoms with Gasteiger partial charge in [0.1, 0.15) is 5.75 Å². The van der Waals surface area contributed by atoms with Gasteiger partial charge in [0.05, 0.1) is 5.56 Å². The predicted octanol–water partition coefficient (Wildman–Crippen LogP) is 2.75. The van der Waals surface area contributed by atoms with Crippen LogP contribution in [0.15, 0.2) is 48.5 Å². The molecule has 1 unspecified atom stereocenters. The summed E-state index contributed by atoms with van der Waals surface area (Å²) in [6.07, 6.45) is 0.600. The van der Waals surface area contributed by atoms with E-state index in [-0.39, 0.29) is 29.9 Å². The van der Waals surface area contributed by atoms with E-state index in [4.69, 9.17) is 11.6 Å². The third kappa shape index (κ3) is 4.36. The number of carbonyl (C=O) groups excluding carboxylic acids is 1. The number of benzene rings is 2. The fourth-order valence-electron chi connectivity index (χ4n) is 3.38. The average molecular weight is 375 g/mol. The lowest BCUT2D eigenvalue weighted by molar-refractivity contribution is 0.0393. The number of rotatable bonds is 5. The molecule has 5 nitrogen and oxygen atoms in total. The van der Waals surface area contributed by atoms with Crippen molar-refractivity contribution in [1.29, 1.82) is 0 Å². The van der Waals surface area contributed by atoms with Gasteiger partial charge in [0.25, 0.3) is 5.91 Å². The highest BCUT2D eigenvalue weighted by Gasteiger charge is 2.30. The van der Waals surface area contributed by atoms with Gasteiger partial charge < -0.3 is 15.1 Å². The van der Waals surface area contributed by atoms with Crippen LogP contribution in [0.2, 0.25) is 5.02 Å². The van der Waals surface area contributed by atoms with Crippen molar-refractivity contribution in [2.24, 2.45) is 0 Å². The number of phenols is 1. The third-order valence-corrected chi connectivity index (χ3v) is 5.01. The number of aliphatic hydroxyl groups is 1. The molecule has 0 aromatic heterocycles. The first-order valence-electron chi connectivity index (χ1n) is 8.75. The summed E-state index contributed by atoms with van der Waals surface area (Å²) < 4.78 is 0. The highest BCUT2D eigenvalue weighted by Crippen LogP contribution is 2.25. The Morgan fingerprint density at radius 3 is 2.62 bits per heavy atom. The van der Waals surface area contributed by atoms with E-state index in [9.17, 15) is 15.0 Å². The van der Waals surface area contributed by atoms with Crippen molar-refractivity contribution in [2.75, 3.05) is 26.2 Å². The van der Waals surface area contributed by atoms with Crippen LogP contribution in [0.5, 0.6) is 5.75 Å². The standard InChI is InChI=1S/C20H23ClN2O3/c21-16-6-7-18(19(25)12-16)20(26)23-10-9-22(17(14-23)8-11-24)13-15-4-2-1-3-5-15/h1-7,12,17,24-25H,8-11,13-14H2. The fourth-order valence-corrected chi connectivity index (χ4v) is 3.55. The number of hydrogen-bond donors (Lipinski definition) is 2. The van der Waals surface area contributed by atoms with Crippen LogP contribution in [-0.4, -0.2) is 58.2 Å². The third-order valence-electron chi connectivity index (χ3n) is 4.77. The summed E-state index contributed by atoms with van der Waals surface area (Å²) in [6, 6.07) is 14.8. The topological polar surface area (TPSA) is 64.0 Å². The van der Waals surface area contributed by atoms with Gasteiger partial charge >= 0.3 is 0 Å². The minimum Gasteiger partial charge on any atom is -0.507 e. The monoisotopic (exact) mass is 374 g/mol. The van der Waals surface area contributed by atoms with Gasteiger partial charge in [-0.05, 0) is 30.2 Å². The van der Waals surface area contributed by atoms with E-state index < -0.39 is 0 Å². The largest absolute Gasteiger partial charge is 0.507 e. The van der Waals surface area contributed by atoms with Gasteiger partial charge in [0.15, 0.2) is 0 Å². The van der Waals surface area contributed by atoms with Gasteiger partial charge in [-0.3, -0.25) is 9.69 Å². The van der Waals surface area contributed by atoms with Crippen molar-refractivity contribution in [2.45, 2.75) is 19.0 Å². The van der Waals surface area contributed by atoms with Crippen LogP contribution in [0, 0.1) is 0 Å². The number of hydrogen-bond acceptors (Lipinski definition) is 4. The first-order chi connectivity index (χ1) is 12.6. The van der Waals surface area contributed by atoms with E-state index in [0.29, 0.717) is 24.5 Å². The Morgan fingerprint density at radius 2 is 1.92 bits per heavy atom. The van der Waals surface area contributed by atoms with Crippen LogP contribution in [0.25, 0.3) is 0 Å². The molecule has 1 fully saturated rings. The Morgan fingerprint density at radius 1 is 1.15 bits per heavy atom. The Hall–Kier alpha value is -2.08. The minimum atomic E-state index is -0.207. The van der Waals surface area contributed by atoms with Gasteiger partial charge in [-0.2, -0.15) is 0 Å². The van der Waals surface area contributed by atoms with E-state index in [0.717, 1.165) is 13.1 Å². The summed E-state index contributed by atoms with van der Waals surface area (Å²) in [5.74, 6) is -0.311. The molecular weight excluding hydrogens is 352 g/mol. The molecular formula is C20H23ClN2O3. The first kappa shape index (κ1) is 18.7. The van der Waals surface area contributed by atoms with Gasteiger partial charge in [-0.25, -0.2) is 0 Å². The summed E-state index contributed by atoms with van der Waals surface area (Å²) in [5, 5.41) is 19.9. The molecule has 138 valence electrons. The number of aromatic hydroxyl groups is 1. The zero-order valence-corrected chi connectivity index (χ0v) is 15.3. The van der Waals surface area contributed by atoms with Gasteiger partial charge in [0, 0.05) is 43.9 Å². The van der Waals surface area contributed by atoms with Gasteiger partial charge in [-0.1, -0.05) is 41.9 Å². The SMILES string of the molecule is O=C(c1ccc(Cl)cc1O)N1CCN(Cc2ccccc2)C(CCO)C1. The maximum absolute atomic E-state index is 12.8. The van der Waals surface area contributed by atoms with Gasteiger partial charge in [-0.15, -0.1) is 0 Å². The number of halogens is 1. The molecule has 2 aromatic carbocycles. The van der Waals surface area contributed by atoms with Crippen LogP contribution in [-0.2, 0) is 6.54 Å². The Kier molecular flexibility index (Phi) is 6.14. The molecule has 0 spiro atoms. The fraction of sp³-hybridized carbons (Fsp3) is 0.350. The predicted molar refractivity (Wildman–Crippen MR) is 101 cm³/mol. The minimum absolute atomic E-state index is 0.0736. The summed E-state index contributed by atoms with van der Waals surface area (Å²) in [5.41, 5.74) is 1.47. The van der Waals surface area contributed by atoms with E-state index in [1.54, 1.807) is 17.0 Å². The van der Waals surface area contributed by atoms with Crippen LogP contribution < -0.4 is 0 Å². The highest BCUT2D eigenvalue weighted by atomic mass is 35.5. The molecule has 0 bridgehead atoms. The Balaban J connectivity index is 1.71. The molecule has 1 saturated heterocycles. The average Bonchev–Trinajstić information content (AvgIpc) is 2.64. The number of aliphatic hydroxyl groups excluding tert-OH is 1. The molecule has 1 atom stereocenters. The maximum Gasteiger partial charge on any atom is 0.257 e. The zero-order chi connectivity index (χ0) is 18.5. The molecule has 1 aliphatic rings. The number of carbonyl (C=O) groups is 1. The lowest BCUT2D eigenvalue weighted by Gasteiger charge is -2.41. The smallest absolute Gasteiger partial charge is 0.257 e. The quantitative estimate of drug-likeness (QED) is 0.844. The van der Waals surface area contributed by atoms with E-state index in [2.05, 4.69) is 17.0 Å². The molecule has 0 aliphatic carbocycles. The Bertz CT molecular complexity index is 754. The second kappa shape index (κ2) is 8.54. The number of nitrogens with zero attached hydrogens (tertiary/aromatic N) is 2. The summed E-state index contributed by atoms with van der Waals surface area (Å²) >= 11 is 5.85. The van der Waals surface area contributed by atoms with Crippen LogP contribution in [0.4, 0.5) is 0 Å². The number of amides is 1. The van der Waals surface area contributed by atoms with Gasteiger partial charge in [0.2, 0.25) is 0 Å². The second-order valence-electron chi connectivity index (χ2n) is 6.53. The molecule has 2 aromatic rings. The second-order valence-corrected chi connectivity index (χ2v) is 6.97. The van der Waals surface area contributed by atoms with Crippen molar-refractivity contribution < 1.29 is 15.0 Å². The summed E-state index contributed by atoms with van der Waals surface area (Å²) in [4.78, 5) is 16.8. The van der Waals surface area contributed by atoms with Crippen molar-refractivity contribution >= 4 is 17.5 Å².